The smallest absolute Gasteiger partial charge is 0.0541 e. The molecule has 0 radical (unpaired) electrons. The number of fused-ring (bicyclic) bond motifs is 6. The molecule has 0 spiro atoms. The summed E-state index contributed by atoms with van der Waals surface area (Å²) in [5.41, 5.74) is 9.78. The van der Waals surface area contributed by atoms with E-state index in [4.69, 9.17) is 0 Å². The SMILES string of the molecule is c1ccc2c(c1)c1ccccc1n2-c1ccc(-c2ccc(-c3ccc(-n4c5ccccc5c5ccccc54)cc3)s2)cc1. The molecular weight excluding hydrogens is 541 g/mol. The van der Waals surface area contributed by atoms with Gasteiger partial charge >= 0.3 is 0 Å². The first-order chi connectivity index (χ1) is 21.3. The zero-order valence-electron chi connectivity index (χ0n) is 23.3. The van der Waals surface area contributed by atoms with Crippen LogP contribution in [0, 0.1) is 0 Å². The molecule has 202 valence electrons. The Morgan fingerprint density at radius 2 is 0.605 bits per heavy atom. The fourth-order valence-corrected chi connectivity index (χ4v) is 7.62. The number of hydrogen-bond donors (Lipinski definition) is 0. The summed E-state index contributed by atoms with van der Waals surface area (Å²) in [6, 6.07) is 57.1. The van der Waals surface area contributed by atoms with Gasteiger partial charge in [0.1, 0.15) is 0 Å². The van der Waals surface area contributed by atoms with Crippen LogP contribution in [0.5, 0.6) is 0 Å². The molecule has 0 amide bonds. The number of rotatable bonds is 4. The molecule has 0 fully saturated rings. The van der Waals surface area contributed by atoms with Gasteiger partial charge in [-0.1, -0.05) is 97.1 Å². The second-order valence-electron chi connectivity index (χ2n) is 11.0. The number of para-hydroxylation sites is 4. The Hall–Kier alpha value is -5.38. The number of nitrogens with zero attached hydrogens (tertiary/aromatic N) is 2. The average Bonchev–Trinajstić information content (AvgIpc) is 3.78. The lowest BCUT2D eigenvalue weighted by atomic mass is 10.1. The second-order valence-corrected chi connectivity index (χ2v) is 12.1. The molecule has 6 aromatic carbocycles. The van der Waals surface area contributed by atoms with Crippen molar-refractivity contribution in [2.24, 2.45) is 0 Å². The van der Waals surface area contributed by atoms with E-state index in [9.17, 15) is 0 Å². The number of benzene rings is 6. The van der Waals surface area contributed by atoms with Gasteiger partial charge in [-0.2, -0.15) is 0 Å². The van der Waals surface area contributed by atoms with E-state index in [1.807, 2.05) is 11.3 Å². The third kappa shape index (κ3) is 3.79. The highest BCUT2D eigenvalue weighted by atomic mass is 32.1. The molecule has 0 N–H and O–H groups in total. The fourth-order valence-electron chi connectivity index (χ4n) is 6.60. The normalized spacial score (nSPS) is 11.7. The Morgan fingerprint density at radius 3 is 0.930 bits per heavy atom. The van der Waals surface area contributed by atoms with Gasteiger partial charge in [0.2, 0.25) is 0 Å². The van der Waals surface area contributed by atoms with Crippen molar-refractivity contribution in [2.75, 3.05) is 0 Å². The Morgan fingerprint density at radius 1 is 0.302 bits per heavy atom. The Balaban J connectivity index is 1.04. The first-order valence-corrected chi connectivity index (χ1v) is 15.4. The van der Waals surface area contributed by atoms with Crippen LogP contribution in [0.3, 0.4) is 0 Å². The van der Waals surface area contributed by atoms with Crippen molar-refractivity contribution in [3.05, 3.63) is 158 Å². The molecule has 3 aromatic heterocycles. The van der Waals surface area contributed by atoms with E-state index >= 15 is 0 Å². The van der Waals surface area contributed by atoms with Gasteiger partial charge in [0, 0.05) is 42.7 Å². The van der Waals surface area contributed by atoms with Gasteiger partial charge in [0.05, 0.1) is 22.1 Å². The molecule has 0 aliphatic carbocycles. The first-order valence-electron chi connectivity index (χ1n) is 14.6. The van der Waals surface area contributed by atoms with Gasteiger partial charge < -0.3 is 9.13 Å². The molecule has 0 aliphatic heterocycles. The second kappa shape index (κ2) is 9.59. The predicted octanol–water partition coefficient (Wildman–Crippen LogP) is 11.3. The molecule has 43 heavy (non-hydrogen) atoms. The summed E-state index contributed by atoms with van der Waals surface area (Å²) >= 11 is 1.84. The van der Waals surface area contributed by atoms with Crippen LogP contribution in [0.15, 0.2) is 158 Å². The minimum absolute atomic E-state index is 1.18. The molecule has 9 rings (SSSR count). The van der Waals surface area contributed by atoms with Crippen molar-refractivity contribution in [1.82, 2.24) is 9.13 Å². The van der Waals surface area contributed by atoms with Gasteiger partial charge in [-0.25, -0.2) is 0 Å². The highest BCUT2D eigenvalue weighted by Gasteiger charge is 2.14. The van der Waals surface area contributed by atoms with Gasteiger partial charge in [-0.3, -0.25) is 0 Å². The van der Waals surface area contributed by atoms with Crippen molar-refractivity contribution in [3.8, 4) is 32.3 Å². The largest absolute Gasteiger partial charge is 0.309 e. The van der Waals surface area contributed by atoms with Crippen LogP contribution in [-0.4, -0.2) is 9.13 Å². The van der Waals surface area contributed by atoms with Gasteiger partial charge in [-0.15, -0.1) is 11.3 Å². The number of thiophene rings is 1. The number of hydrogen-bond acceptors (Lipinski definition) is 1. The van der Waals surface area contributed by atoms with Crippen LogP contribution in [0.4, 0.5) is 0 Å². The third-order valence-corrected chi connectivity index (χ3v) is 9.77. The highest BCUT2D eigenvalue weighted by Crippen LogP contribution is 2.38. The van der Waals surface area contributed by atoms with E-state index in [0.29, 0.717) is 0 Å². The molecular formula is C40H26N2S. The summed E-state index contributed by atoms with van der Waals surface area (Å²) in [6.07, 6.45) is 0. The van der Waals surface area contributed by atoms with E-state index in [0.717, 1.165) is 0 Å². The highest BCUT2D eigenvalue weighted by molar-refractivity contribution is 7.18. The lowest BCUT2D eigenvalue weighted by molar-refractivity contribution is 1.18. The van der Waals surface area contributed by atoms with Crippen LogP contribution in [0.1, 0.15) is 0 Å². The van der Waals surface area contributed by atoms with Crippen molar-refractivity contribution >= 4 is 54.9 Å². The summed E-state index contributed by atoms with van der Waals surface area (Å²) in [6.45, 7) is 0. The maximum Gasteiger partial charge on any atom is 0.0541 e. The van der Waals surface area contributed by atoms with Crippen LogP contribution in [0.25, 0.3) is 75.9 Å². The summed E-state index contributed by atoms with van der Waals surface area (Å²) in [4.78, 5) is 2.55. The van der Waals surface area contributed by atoms with E-state index in [-0.39, 0.29) is 0 Å². The molecule has 0 saturated heterocycles. The van der Waals surface area contributed by atoms with Crippen LogP contribution in [-0.2, 0) is 0 Å². The van der Waals surface area contributed by atoms with Crippen LogP contribution < -0.4 is 0 Å². The minimum Gasteiger partial charge on any atom is -0.309 e. The topological polar surface area (TPSA) is 9.86 Å². The monoisotopic (exact) mass is 566 g/mol. The predicted molar refractivity (Wildman–Crippen MR) is 184 cm³/mol. The molecule has 0 atom stereocenters. The van der Waals surface area contributed by atoms with Crippen LogP contribution >= 0.6 is 11.3 Å². The standard InChI is InChI=1S/C40H26N2S/c1-5-13-35-31(9-1)32-10-2-6-14-36(32)41(35)29-21-17-27(18-22-29)39-25-26-40(43-39)28-19-23-30(24-20-28)42-37-15-7-3-11-33(37)34-12-4-8-16-38(34)42/h1-26H. The zero-order valence-corrected chi connectivity index (χ0v) is 24.1. The number of aromatic nitrogens is 2. The summed E-state index contributed by atoms with van der Waals surface area (Å²) in [5, 5.41) is 5.15. The molecule has 0 unspecified atom stereocenters. The summed E-state index contributed by atoms with van der Waals surface area (Å²) in [5.74, 6) is 0. The van der Waals surface area contributed by atoms with Gasteiger partial charge in [0.15, 0.2) is 0 Å². The molecule has 0 bridgehead atoms. The fraction of sp³-hybridized carbons (Fsp3) is 0. The Labute approximate surface area is 253 Å². The van der Waals surface area contributed by atoms with E-state index in [2.05, 4.69) is 167 Å². The first kappa shape index (κ1) is 24.2. The Kier molecular flexibility index (Phi) is 5.40. The molecule has 9 aromatic rings. The third-order valence-electron chi connectivity index (χ3n) is 8.59. The van der Waals surface area contributed by atoms with Gasteiger partial charge in [0.25, 0.3) is 0 Å². The molecule has 3 heterocycles. The van der Waals surface area contributed by atoms with Crippen molar-refractivity contribution in [1.29, 1.82) is 0 Å². The average molecular weight is 567 g/mol. The van der Waals surface area contributed by atoms with Crippen molar-refractivity contribution in [3.63, 3.8) is 0 Å². The maximum atomic E-state index is 2.37. The van der Waals surface area contributed by atoms with E-state index in [1.165, 1.54) is 75.9 Å². The summed E-state index contributed by atoms with van der Waals surface area (Å²) in [7, 11) is 0. The van der Waals surface area contributed by atoms with E-state index < -0.39 is 0 Å². The molecule has 0 aliphatic rings. The summed E-state index contributed by atoms with van der Waals surface area (Å²) < 4.78 is 4.74. The van der Waals surface area contributed by atoms with Crippen molar-refractivity contribution < 1.29 is 0 Å². The van der Waals surface area contributed by atoms with E-state index in [1.54, 1.807) is 0 Å². The molecule has 0 saturated carbocycles. The van der Waals surface area contributed by atoms with Crippen LogP contribution in [0.2, 0.25) is 0 Å². The quantitative estimate of drug-likeness (QED) is 0.200. The minimum atomic E-state index is 1.18. The molecule has 2 nitrogen and oxygen atoms in total. The maximum absolute atomic E-state index is 2.37. The van der Waals surface area contributed by atoms with Crippen molar-refractivity contribution in [2.45, 2.75) is 0 Å². The molecule has 3 heteroatoms. The Bertz CT molecular complexity index is 2160. The zero-order chi connectivity index (χ0) is 28.3. The lowest BCUT2D eigenvalue weighted by Crippen LogP contribution is -1.93. The van der Waals surface area contributed by atoms with Gasteiger partial charge in [-0.05, 0) is 71.8 Å². The lowest BCUT2D eigenvalue weighted by Gasteiger charge is -2.09.